The molecule has 0 N–H and O–H groups in total. The number of aryl methyl sites for hydroxylation is 1. The number of hydrogen-bond acceptors (Lipinski definition) is 4. The summed E-state index contributed by atoms with van der Waals surface area (Å²) in [6.07, 6.45) is 0. The van der Waals surface area contributed by atoms with Crippen LogP contribution in [0, 0.1) is 19.8 Å². The second kappa shape index (κ2) is 6.06. The van der Waals surface area contributed by atoms with Gasteiger partial charge in [-0.05, 0) is 19.8 Å². The molecule has 0 aromatic carbocycles. The molecule has 0 aliphatic carbocycles. The van der Waals surface area contributed by atoms with E-state index in [1.165, 1.54) is 6.54 Å². The van der Waals surface area contributed by atoms with E-state index in [1.807, 2.05) is 13.8 Å². The summed E-state index contributed by atoms with van der Waals surface area (Å²) in [5, 5.41) is 0.576. The summed E-state index contributed by atoms with van der Waals surface area (Å²) in [5.74, 6) is 2.47. The van der Waals surface area contributed by atoms with Crippen LogP contribution in [0.5, 0.6) is 0 Å². The lowest BCUT2D eigenvalue weighted by Crippen LogP contribution is -2.48. The van der Waals surface area contributed by atoms with E-state index >= 15 is 0 Å². The molecule has 1 aliphatic heterocycles. The zero-order chi connectivity index (χ0) is 14.0. The summed E-state index contributed by atoms with van der Waals surface area (Å²) >= 11 is 6.15. The van der Waals surface area contributed by atoms with Crippen LogP contribution < -0.4 is 4.90 Å². The quantitative estimate of drug-likeness (QED) is 0.798. The van der Waals surface area contributed by atoms with Crippen molar-refractivity contribution in [2.75, 3.05) is 37.6 Å². The van der Waals surface area contributed by atoms with E-state index in [0.29, 0.717) is 5.15 Å². The van der Waals surface area contributed by atoms with Crippen molar-refractivity contribution in [2.24, 2.45) is 5.92 Å². The summed E-state index contributed by atoms with van der Waals surface area (Å²) < 4.78 is 0. The Kier molecular flexibility index (Phi) is 4.63. The highest BCUT2D eigenvalue weighted by Crippen LogP contribution is 2.24. The first-order valence-electron chi connectivity index (χ1n) is 6.95. The van der Waals surface area contributed by atoms with Gasteiger partial charge < -0.3 is 4.90 Å². The highest BCUT2D eigenvalue weighted by Gasteiger charge is 2.21. The number of hydrogen-bond donors (Lipinski definition) is 0. The molecule has 0 bridgehead atoms. The van der Waals surface area contributed by atoms with Gasteiger partial charge in [-0.2, -0.15) is 0 Å². The van der Waals surface area contributed by atoms with Crippen LogP contribution in [0.1, 0.15) is 25.2 Å². The Morgan fingerprint density at radius 2 is 1.74 bits per heavy atom. The molecule has 0 saturated carbocycles. The summed E-state index contributed by atoms with van der Waals surface area (Å²) in [4.78, 5) is 13.6. The first-order chi connectivity index (χ1) is 8.97. The Morgan fingerprint density at radius 3 is 2.32 bits per heavy atom. The molecule has 1 fully saturated rings. The average molecular weight is 283 g/mol. The number of aromatic nitrogens is 2. The van der Waals surface area contributed by atoms with Gasteiger partial charge in [0.25, 0.3) is 0 Å². The van der Waals surface area contributed by atoms with Crippen molar-refractivity contribution >= 4 is 17.4 Å². The van der Waals surface area contributed by atoms with Crippen molar-refractivity contribution in [2.45, 2.75) is 27.7 Å². The number of nitrogens with zero attached hydrogens (tertiary/aromatic N) is 4. The first kappa shape index (κ1) is 14.5. The lowest BCUT2D eigenvalue weighted by Gasteiger charge is -2.36. The third-order valence-corrected chi connectivity index (χ3v) is 3.84. The van der Waals surface area contributed by atoms with E-state index in [1.54, 1.807) is 0 Å². The van der Waals surface area contributed by atoms with Gasteiger partial charge in [0, 0.05) is 38.3 Å². The van der Waals surface area contributed by atoms with Gasteiger partial charge in [-0.15, -0.1) is 0 Å². The van der Waals surface area contributed by atoms with Crippen molar-refractivity contribution < 1.29 is 0 Å². The Balaban J connectivity index is 2.05. The lowest BCUT2D eigenvalue weighted by atomic mass is 10.2. The molecule has 1 aromatic rings. The van der Waals surface area contributed by atoms with E-state index < -0.39 is 0 Å². The second-order valence-electron chi connectivity index (χ2n) is 5.69. The Labute approximate surface area is 120 Å². The summed E-state index contributed by atoms with van der Waals surface area (Å²) in [5.41, 5.74) is 0.990. The van der Waals surface area contributed by atoms with Crippen LogP contribution in [0.2, 0.25) is 5.15 Å². The van der Waals surface area contributed by atoms with Crippen molar-refractivity contribution in [1.29, 1.82) is 0 Å². The monoisotopic (exact) mass is 282 g/mol. The highest BCUT2D eigenvalue weighted by molar-refractivity contribution is 6.30. The molecule has 0 radical (unpaired) electrons. The third kappa shape index (κ3) is 3.57. The molecule has 1 saturated heterocycles. The lowest BCUT2D eigenvalue weighted by molar-refractivity contribution is 0.231. The minimum Gasteiger partial charge on any atom is -0.354 e. The fraction of sp³-hybridized carbons (Fsp3) is 0.714. The van der Waals surface area contributed by atoms with Gasteiger partial charge in [-0.3, -0.25) is 4.90 Å². The molecule has 106 valence electrons. The fourth-order valence-electron chi connectivity index (χ4n) is 2.55. The molecule has 0 amide bonds. The van der Waals surface area contributed by atoms with Gasteiger partial charge in [0.2, 0.25) is 0 Å². The predicted octanol–water partition coefficient (Wildman–Crippen LogP) is 2.52. The predicted molar refractivity (Wildman–Crippen MR) is 80.0 cm³/mol. The van der Waals surface area contributed by atoms with Crippen molar-refractivity contribution in [3.63, 3.8) is 0 Å². The smallest absolute Gasteiger partial charge is 0.137 e. The standard InChI is InChI=1S/C14H23ClN4/c1-10(2)9-18-5-7-19(8-6-18)14-11(3)13(15)16-12(4)17-14/h10H,5-9H2,1-4H3. The van der Waals surface area contributed by atoms with Gasteiger partial charge >= 0.3 is 0 Å². The number of anilines is 1. The van der Waals surface area contributed by atoms with Crippen LogP contribution in [0.4, 0.5) is 5.82 Å². The Morgan fingerprint density at radius 1 is 1.11 bits per heavy atom. The van der Waals surface area contributed by atoms with E-state index in [0.717, 1.165) is 49.3 Å². The minimum atomic E-state index is 0.576. The summed E-state index contributed by atoms with van der Waals surface area (Å²) in [6, 6.07) is 0. The van der Waals surface area contributed by atoms with Gasteiger partial charge in [-0.25, -0.2) is 9.97 Å². The van der Waals surface area contributed by atoms with Crippen molar-refractivity contribution in [3.8, 4) is 0 Å². The number of halogens is 1. The molecule has 5 heteroatoms. The molecular formula is C14H23ClN4. The van der Waals surface area contributed by atoms with Gasteiger partial charge in [0.1, 0.15) is 16.8 Å². The van der Waals surface area contributed by atoms with Crippen LogP contribution in [0.15, 0.2) is 0 Å². The number of piperazine rings is 1. The molecule has 4 nitrogen and oxygen atoms in total. The van der Waals surface area contributed by atoms with E-state index in [2.05, 4.69) is 33.6 Å². The Bertz CT molecular complexity index is 439. The second-order valence-corrected chi connectivity index (χ2v) is 6.05. The third-order valence-electron chi connectivity index (χ3n) is 3.47. The van der Waals surface area contributed by atoms with E-state index in [9.17, 15) is 0 Å². The molecular weight excluding hydrogens is 260 g/mol. The highest BCUT2D eigenvalue weighted by atomic mass is 35.5. The minimum absolute atomic E-state index is 0.576. The largest absolute Gasteiger partial charge is 0.354 e. The molecule has 0 atom stereocenters. The normalized spacial score (nSPS) is 17.3. The molecule has 2 heterocycles. The van der Waals surface area contributed by atoms with Gasteiger partial charge in [-0.1, -0.05) is 25.4 Å². The van der Waals surface area contributed by atoms with Crippen molar-refractivity contribution in [3.05, 3.63) is 16.5 Å². The van der Waals surface area contributed by atoms with Crippen LogP contribution >= 0.6 is 11.6 Å². The SMILES string of the molecule is Cc1nc(Cl)c(C)c(N2CCN(CC(C)C)CC2)n1. The van der Waals surface area contributed by atoms with Crippen LogP contribution in [-0.2, 0) is 0 Å². The van der Waals surface area contributed by atoms with E-state index in [-0.39, 0.29) is 0 Å². The van der Waals surface area contributed by atoms with E-state index in [4.69, 9.17) is 11.6 Å². The van der Waals surface area contributed by atoms with Crippen LogP contribution in [0.25, 0.3) is 0 Å². The van der Waals surface area contributed by atoms with Crippen molar-refractivity contribution in [1.82, 2.24) is 14.9 Å². The maximum atomic E-state index is 6.15. The van der Waals surface area contributed by atoms with Crippen LogP contribution in [0.3, 0.4) is 0 Å². The maximum Gasteiger partial charge on any atom is 0.137 e. The average Bonchev–Trinajstić information content (AvgIpc) is 2.34. The molecule has 1 aliphatic rings. The zero-order valence-electron chi connectivity index (χ0n) is 12.3. The fourth-order valence-corrected chi connectivity index (χ4v) is 2.75. The summed E-state index contributed by atoms with van der Waals surface area (Å²) in [6.45, 7) is 13.8. The molecule has 19 heavy (non-hydrogen) atoms. The molecule has 1 aromatic heterocycles. The first-order valence-corrected chi connectivity index (χ1v) is 7.33. The van der Waals surface area contributed by atoms with Crippen LogP contribution in [-0.4, -0.2) is 47.6 Å². The maximum absolute atomic E-state index is 6.15. The zero-order valence-corrected chi connectivity index (χ0v) is 13.0. The van der Waals surface area contributed by atoms with Gasteiger partial charge in [0.05, 0.1) is 0 Å². The number of rotatable bonds is 3. The molecule has 2 rings (SSSR count). The Hall–Kier alpha value is -0.870. The molecule has 0 unspecified atom stereocenters. The summed E-state index contributed by atoms with van der Waals surface area (Å²) in [7, 11) is 0. The topological polar surface area (TPSA) is 32.3 Å². The van der Waals surface area contributed by atoms with Gasteiger partial charge in [0.15, 0.2) is 0 Å². The molecule has 0 spiro atoms.